The molecule has 0 fully saturated rings. The quantitative estimate of drug-likeness (QED) is 0.646. The van der Waals surface area contributed by atoms with Crippen molar-refractivity contribution in [2.24, 2.45) is 21.6 Å². The van der Waals surface area contributed by atoms with Gasteiger partial charge in [-0.2, -0.15) is 13.4 Å². The summed E-state index contributed by atoms with van der Waals surface area (Å²) in [6, 6.07) is 0. The lowest BCUT2D eigenvalue weighted by Crippen LogP contribution is -2.42. The molecule has 0 saturated carbocycles. The SMILES string of the molecule is CCCCN1OS(=O)(=O)O/N=C(N)\N=C/1N. The van der Waals surface area contributed by atoms with Gasteiger partial charge in [0.25, 0.3) is 5.96 Å². The number of oxime groups is 1. The molecule has 1 aliphatic heterocycles. The first kappa shape index (κ1) is 12.5. The molecular weight excluding hydrogens is 238 g/mol. The summed E-state index contributed by atoms with van der Waals surface area (Å²) in [5.41, 5.74) is 10.7. The second-order valence-corrected chi connectivity index (χ2v) is 4.05. The molecule has 0 radical (unpaired) electrons. The van der Waals surface area contributed by atoms with Crippen molar-refractivity contribution < 1.29 is 17.0 Å². The van der Waals surface area contributed by atoms with Crippen LogP contribution in [0.15, 0.2) is 10.1 Å². The summed E-state index contributed by atoms with van der Waals surface area (Å²) < 4.78 is 30.8. The zero-order valence-corrected chi connectivity index (χ0v) is 9.48. The predicted octanol–water partition coefficient (Wildman–Crippen LogP) is -1.16. The lowest BCUT2D eigenvalue weighted by molar-refractivity contribution is 0.00293. The number of aliphatic imine (C=N–C) groups is 1. The summed E-state index contributed by atoms with van der Waals surface area (Å²) in [5, 5.41) is 3.88. The molecular formula is C6H13N5O4S. The van der Waals surface area contributed by atoms with Gasteiger partial charge in [0.1, 0.15) is 0 Å². The summed E-state index contributed by atoms with van der Waals surface area (Å²) in [7, 11) is -4.29. The molecule has 4 N–H and O–H groups in total. The molecule has 0 spiro atoms. The van der Waals surface area contributed by atoms with E-state index in [-0.39, 0.29) is 12.5 Å². The standard InChI is InChI=1S/C6H13N5O4S/c1-2-3-4-11-6(8)9-5(7)10-14-16(12,13)15-11/h2-4H2,1H3,(H4,7,8,9,10). The molecule has 10 heteroatoms. The van der Waals surface area contributed by atoms with Gasteiger partial charge in [-0.3, -0.25) is 0 Å². The topological polar surface area (TPSA) is 133 Å². The lowest BCUT2D eigenvalue weighted by atomic mass is 10.3. The highest BCUT2D eigenvalue weighted by Crippen LogP contribution is 2.06. The van der Waals surface area contributed by atoms with Crippen LogP contribution < -0.4 is 11.5 Å². The second-order valence-electron chi connectivity index (χ2n) is 2.93. The molecule has 0 amide bonds. The van der Waals surface area contributed by atoms with Crippen LogP contribution in [0.1, 0.15) is 19.8 Å². The molecule has 0 aromatic carbocycles. The van der Waals surface area contributed by atoms with E-state index in [1.807, 2.05) is 6.92 Å². The fraction of sp³-hybridized carbons (Fsp3) is 0.667. The van der Waals surface area contributed by atoms with Crippen molar-refractivity contribution in [1.82, 2.24) is 5.06 Å². The number of rotatable bonds is 3. The summed E-state index contributed by atoms with van der Waals surface area (Å²) >= 11 is 0. The summed E-state index contributed by atoms with van der Waals surface area (Å²) in [6.45, 7) is 2.18. The monoisotopic (exact) mass is 251 g/mol. The molecule has 0 atom stereocenters. The first-order valence-corrected chi connectivity index (χ1v) is 5.86. The molecule has 0 unspecified atom stereocenters. The molecule has 0 saturated heterocycles. The number of hydrogen-bond donors (Lipinski definition) is 2. The largest absolute Gasteiger partial charge is 0.491 e. The smallest absolute Gasteiger partial charge is 0.368 e. The summed E-state index contributed by atoms with van der Waals surface area (Å²) in [5.74, 6) is -0.590. The number of hydroxylamine groups is 2. The average molecular weight is 251 g/mol. The van der Waals surface area contributed by atoms with Gasteiger partial charge in [0.15, 0.2) is 0 Å². The van der Waals surface area contributed by atoms with E-state index >= 15 is 0 Å². The minimum absolute atomic E-state index is 0.193. The van der Waals surface area contributed by atoms with Crippen LogP contribution in [-0.2, 0) is 19.0 Å². The number of guanidine groups is 2. The third-order valence-electron chi connectivity index (χ3n) is 1.60. The van der Waals surface area contributed by atoms with Crippen molar-refractivity contribution >= 4 is 22.3 Å². The maximum atomic E-state index is 11.1. The van der Waals surface area contributed by atoms with Crippen molar-refractivity contribution in [2.45, 2.75) is 19.8 Å². The van der Waals surface area contributed by atoms with Crippen molar-refractivity contribution in [2.75, 3.05) is 6.54 Å². The maximum absolute atomic E-state index is 11.1. The van der Waals surface area contributed by atoms with E-state index in [0.717, 1.165) is 11.5 Å². The van der Waals surface area contributed by atoms with Crippen LogP contribution >= 0.6 is 0 Å². The van der Waals surface area contributed by atoms with Gasteiger partial charge in [-0.25, -0.2) is 9.35 Å². The zero-order valence-electron chi connectivity index (χ0n) is 8.66. The Bertz CT molecular complexity index is 403. The Hall–Kier alpha value is -1.55. The first-order chi connectivity index (χ1) is 7.44. The summed E-state index contributed by atoms with van der Waals surface area (Å²) in [6.07, 6.45) is 1.50. The van der Waals surface area contributed by atoms with E-state index in [1.54, 1.807) is 0 Å². The lowest BCUT2D eigenvalue weighted by Gasteiger charge is -2.21. The Morgan fingerprint density at radius 3 is 2.75 bits per heavy atom. The van der Waals surface area contributed by atoms with Crippen LogP contribution in [0.5, 0.6) is 0 Å². The van der Waals surface area contributed by atoms with Gasteiger partial charge in [0.05, 0.1) is 6.54 Å². The second kappa shape index (κ2) is 4.99. The Labute approximate surface area is 93.0 Å². The van der Waals surface area contributed by atoms with Crippen LogP contribution in [0.2, 0.25) is 0 Å². The minimum Gasteiger partial charge on any atom is -0.368 e. The Morgan fingerprint density at radius 2 is 2.12 bits per heavy atom. The Morgan fingerprint density at radius 1 is 1.44 bits per heavy atom. The number of unbranched alkanes of at least 4 members (excludes halogenated alkanes) is 1. The highest BCUT2D eigenvalue weighted by Gasteiger charge is 2.23. The highest BCUT2D eigenvalue weighted by atomic mass is 32.3. The maximum Gasteiger partial charge on any atom is 0.491 e. The molecule has 16 heavy (non-hydrogen) atoms. The molecule has 1 rings (SSSR count). The van der Waals surface area contributed by atoms with E-state index in [1.165, 1.54) is 0 Å². The molecule has 0 aromatic rings. The fourth-order valence-electron chi connectivity index (χ4n) is 0.893. The Balaban J connectivity index is 2.91. The molecule has 0 aliphatic carbocycles. The van der Waals surface area contributed by atoms with E-state index in [4.69, 9.17) is 11.5 Å². The van der Waals surface area contributed by atoms with Crippen molar-refractivity contribution in [3.05, 3.63) is 0 Å². The molecule has 9 nitrogen and oxygen atoms in total. The van der Waals surface area contributed by atoms with Gasteiger partial charge >= 0.3 is 10.4 Å². The van der Waals surface area contributed by atoms with Gasteiger partial charge in [0.2, 0.25) is 5.96 Å². The molecule has 92 valence electrons. The average Bonchev–Trinajstić information content (AvgIpc) is 2.20. The van der Waals surface area contributed by atoms with E-state index in [0.29, 0.717) is 6.42 Å². The fourth-order valence-corrected chi connectivity index (χ4v) is 1.46. The molecule has 0 aromatic heterocycles. The molecule has 1 aliphatic rings. The van der Waals surface area contributed by atoms with Crippen LogP contribution in [0.4, 0.5) is 0 Å². The van der Waals surface area contributed by atoms with Crippen LogP contribution in [0, 0.1) is 0 Å². The number of hydrogen-bond acceptors (Lipinski definition) is 9. The third-order valence-corrected chi connectivity index (χ3v) is 2.22. The van der Waals surface area contributed by atoms with Gasteiger partial charge in [-0.05, 0) is 11.6 Å². The van der Waals surface area contributed by atoms with Gasteiger partial charge < -0.3 is 11.5 Å². The summed E-state index contributed by atoms with van der Waals surface area (Å²) in [4.78, 5) is 3.57. The van der Waals surface area contributed by atoms with E-state index in [9.17, 15) is 8.42 Å². The van der Waals surface area contributed by atoms with E-state index < -0.39 is 16.4 Å². The Kier molecular flexibility index (Phi) is 3.90. The zero-order chi connectivity index (χ0) is 12.2. The van der Waals surface area contributed by atoms with Gasteiger partial charge in [-0.15, -0.1) is 4.28 Å². The highest BCUT2D eigenvalue weighted by molar-refractivity contribution is 7.81. The first-order valence-electron chi connectivity index (χ1n) is 4.53. The van der Waals surface area contributed by atoms with Crippen molar-refractivity contribution in [3.63, 3.8) is 0 Å². The molecule has 1 heterocycles. The third kappa shape index (κ3) is 3.55. The van der Waals surface area contributed by atoms with Crippen molar-refractivity contribution in [3.8, 4) is 0 Å². The van der Waals surface area contributed by atoms with Gasteiger partial charge in [0, 0.05) is 0 Å². The predicted molar refractivity (Wildman–Crippen MR) is 55.9 cm³/mol. The number of nitrogens with zero attached hydrogens (tertiary/aromatic N) is 3. The minimum atomic E-state index is -4.29. The normalized spacial score (nSPS) is 26.7. The van der Waals surface area contributed by atoms with Crippen molar-refractivity contribution in [1.29, 1.82) is 0 Å². The van der Waals surface area contributed by atoms with Crippen LogP contribution in [0.25, 0.3) is 0 Å². The molecule has 0 bridgehead atoms. The van der Waals surface area contributed by atoms with Crippen LogP contribution in [0.3, 0.4) is 0 Å². The number of nitrogens with two attached hydrogens (primary N) is 2. The van der Waals surface area contributed by atoms with E-state index in [2.05, 4.69) is 18.7 Å². The van der Waals surface area contributed by atoms with Gasteiger partial charge in [-0.1, -0.05) is 13.3 Å². The van der Waals surface area contributed by atoms with Crippen LogP contribution in [-0.4, -0.2) is 31.9 Å².